The van der Waals surface area contributed by atoms with Gasteiger partial charge in [-0.3, -0.25) is 4.90 Å². The molecule has 2 aliphatic rings. The summed E-state index contributed by atoms with van der Waals surface area (Å²) in [6.45, 7) is 1.74. The lowest BCUT2D eigenvalue weighted by molar-refractivity contribution is -0.0294. The van der Waals surface area contributed by atoms with E-state index >= 15 is 0 Å². The summed E-state index contributed by atoms with van der Waals surface area (Å²) in [5, 5.41) is 13.5. The van der Waals surface area contributed by atoms with Crippen LogP contribution in [0.2, 0.25) is 0 Å². The molecule has 132 valence electrons. The maximum Gasteiger partial charge on any atom is 0.414 e. The molecular weight excluding hydrogens is 339 g/mol. The van der Waals surface area contributed by atoms with Gasteiger partial charge in [0.05, 0.1) is 18.1 Å². The van der Waals surface area contributed by atoms with Crippen molar-refractivity contribution in [3.63, 3.8) is 0 Å². The molecular formula is C16H20ClFN2O4. The van der Waals surface area contributed by atoms with Crippen LogP contribution in [-0.2, 0) is 4.74 Å². The lowest BCUT2D eigenvalue weighted by Gasteiger charge is -2.32. The van der Waals surface area contributed by atoms with Gasteiger partial charge in [0.1, 0.15) is 18.3 Å². The second-order valence-corrected chi connectivity index (χ2v) is 6.46. The molecule has 2 N–H and O–H groups in total. The molecule has 0 spiro atoms. The summed E-state index contributed by atoms with van der Waals surface area (Å²) in [5.41, 5.74) is -0.555. The zero-order valence-corrected chi connectivity index (χ0v) is 13.9. The number of halogens is 2. The van der Waals surface area contributed by atoms with Gasteiger partial charge >= 0.3 is 6.09 Å². The lowest BCUT2D eigenvalue weighted by atomic mass is 9.93. The second-order valence-electron chi connectivity index (χ2n) is 6.15. The van der Waals surface area contributed by atoms with Crippen LogP contribution >= 0.6 is 11.6 Å². The van der Waals surface area contributed by atoms with Gasteiger partial charge in [-0.1, -0.05) is 0 Å². The van der Waals surface area contributed by atoms with Crippen molar-refractivity contribution >= 4 is 23.4 Å². The van der Waals surface area contributed by atoms with Crippen LogP contribution in [0.5, 0.6) is 5.75 Å². The Balaban J connectivity index is 1.65. The number of ether oxygens (including phenoxy) is 2. The molecule has 3 rings (SSSR count). The fourth-order valence-electron chi connectivity index (χ4n) is 2.84. The SMILES string of the molecule is O=C1O[C@@H](CCl)CN1c1ccc(OCC2(O)CCNCC2)c(F)c1. The van der Waals surface area contributed by atoms with Gasteiger partial charge in [-0.25, -0.2) is 9.18 Å². The highest BCUT2D eigenvalue weighted by molar-refractivity contribution is 6.18. The van der Waals surface area contributed by atoms with Gasteiger partial charge < -0.3 is 19.9 Å². The van der Waals surface area contributed by atoms with E-state index in [1.54, 1.807) is 6.07 Å². The van der Waals surface area contributed by atoms with Crippen LogP contribution in [0.3, 0.4) is 0 Å². The standard InChI is InChI=1S/C16H20ClFN2O4/c17-8-12-9-20(15(21)24-12)11-1-2-14(13(18)7-11)23-10-16(22)3-5-19-6-4-16/h1-2,7,12,19,22H,3-6,8-10H2/t12-/m0/s1. The Labute approximate surface area is 144 Å². The molecule has 0 aliphatic carbocycles. The Hall–Kier alpha value is -1.57. The fraction of sp³-hybridized carbons (Fsp3) is 0.562. The molecule has 1 aromatic rings. The minimum Gasteiger partial charge on any atom is -0.488 e. The lowest BCUT2D eigenvalue weighted by Crippen LogP contribution is -2.46. The molecule has 24 heavy (non-hydrogen) atoms. The predicted molar refractivity (Wildman–Crippen MR) is 87.3 cm³/mol. The van der Waals surface area contributed by atoms with Crippen LogP contribution in [-0.4, -0.2) is 55.0 Å². The highest BCUT2D eigenvalue weighted by Crippen LogP contribution is 2.28. The van der Waals surface area contributed by atoms with Crippen LogP contribution in [0.1, 0.15) is 12.8 Å². The van der Waals surface area contributed by atoms with Gasteiger partial charge in [0, 0.05) is 6.07 Å². The number of carbonyl (C=O) groups is 1. The van der Waals surface area contributed by atoms with Crippen LogP contribution < -0.4 is 15.0 Å². The van der Waals surface area contributed by atoms with E-state index in [2.05, 4.69) is 5.32 Å². The maximum absolute atomic E-state index is 14.3. The molecule has 0 bridgehead atoms. The monoisotopic (exact) mass is 358 g/mol. The van der Waals surface area contributed by atoms with Gasteiger partial charge in [-0.05, 0) is 38.1 Å². The number of piperidine rings is 1. The number of hydrogen-bond acceptors (Lipinski definition) is 5. The molecule has 2 fully saturated rings. The van der Waals surface area contributed by atoms with Gasteiger partial charge in [0.25, 0.3) is 0 Å². The Kier molecular flexibility index (Phi) is 5.12. The van der Waals surface area contributed by atoms with Crippen LogP contribution in [0.4, 0.5) is 14.9 Å². The van der Waals surface area contributed by atoms with Crippen molar-refractivity contribution in [1.29, 1.82) is 0 Å². The molecule has 1 atom stereocenters. The third-order valence-corrected chi connectivity index (χ3v) is 4.65. The third kappa shape index (κ3) is 3.74. The molecule has 6 nitrogen and oxygen atoms in total. The van der Waals surface area contributed by atoms with E-state index in [1.807, 2.05) is 0 Å². The first-order valence-electron chi connectivity index (χ1n) is 7.90. The van der Waals surface area contributed by atoms with E-state index in [1.165, 1.54) is 17.0 Å². The van der Waals surface area contributed by atoms with E-state index in [0.717, 1.165) is 0 Å². The molecule has 1 amide bonds. The summed E-state index contributed by atoms with van der Waals surface area (Å²) in [6.07, 6.45) is 0.184. The average Bonchev–Trinajstić information content (AvgIpc) is 2.95. The van der Waals surface area contributed by atoms with E-state index in [4.69, 9.17) is 21.1 Å². The first kappa shape index (κ1) is 17.3. The summed E-state index contributed by atoms with van der Waals surface area (Å²) in [6, 6.07) is 4.26. The fourth-order valence-corrected chi connectivity index (χ4v) is 3.00. The van der Waals surface area contributed by atoms with Crippen molar-refractivity contribution in [3.05, 3.63) is 24.0 Å². The Morgan fingerprint density at radius 2 is 2.21 bits per heavy atom. The van der Waals surface area contributed by atoms with Crippen LogP contribution in [0, 0.1) is 5.82 Å². The van der Waals surface area contributed by atoms with Crippen molar-refractivity contribution in [3.8, 4) is 5.75 Å². The number of alkyl halides is 1. The average molecular weight is 359 g/mol. The number of nitrogens with zero attached hydrogens (tertiary/aromatic N) is 1. The molecule has 0 saturated carbocycles. The number of anilines is 1. The number of aliphatic hydroxyl groups is 1. The number of carbonyl (C=O) groups excluding carboxylic acids is 1. The summed E-state index contributed by atoms with van der Waals surface area (Å²) < 4.78 is 24.8. The minimum absolute atomic E-state index is 0.0328. The summed E-state index contributed by atoms with van der Waals surface area (Å²) in [7, 11) is 0. The van der Waals surface area contributed by atoms with E-state index in [0.29, 0.717) is 31.6 Å². The first-order chi connectivity index (χ1) is 11.5. The molecule has 0 unspecified atom stereocenters. The quantitative estimate of drug-likeness (QED) is 0.786. The second kappa shape index (κ2) is 7.13. The molecule has 0 radical (unpaired) electrons. The van der Waals surface area contributed by atoms with E-state index in [9.17, 15) is 14.3 Å². The number of rotatable bonds is 5. The highest BCUT2D eigenvalue weighted by Gasteiger charge is 2.33. The number of amides is 1. The summed E-state index contributed by atoms with van der Waals surface area (Å²) in [5.74, 6) is -0.348. The summed E-state index contributed by atoms with van der Waals surface area (Å²) >= 11 is 5.68. The summed E-state index contributed by atoms with van der Waals surface area (Å²) in [4.78, 5) is 13.1. The van der Waals surface area contributed by atoms with Gasteiger partial charge in [0.2, 0.25) is 0 Å². The number of nitrogens with one attached hydrogen (secondary N) is 1. The minimum atomic E-state index is -0.942. The smallest absolute Gasteiger partial charge is 0.414 e. The van der Waals surface area contributed by atoms with Crippen molar-refractivity contribution in [2.45, 2.75) is 24.5 Å². The largest absolute Gasteiger partial charge is 0.488 e. The molecule has 2 saturated heterocycles. The van der Waals surface area contributed by atoms with Gasteiger partial charge in [-0.15, -0.1) is 11.6 Å². The Morgan fingerprint density at radius 3 is 2.83 bits per heavy atom. The van der Waals surface area contributed by atoms with Crippen molar-refractivity contribution < 1.29 is 23.8 Å². The molecule has 0 aromatic heterocycles. The van der Waals surface area contributed by atoms with E-state index in [-0.39, 0.29) is 24.8 Å². The van der Waals surface area contributed by atoms with Gasteiger partial charge in [0.15, 0.2) is 11.6 Å². The normalized spacial score (nSPS) is 23.2. The zero-order chi connectivity index (χ0) is 17.2. The van der Waals surface area contributed by atoms with Crippen molar-refractivity contribution in [2.24, 2.45) is 0 Å². The maximum atomic E-state index is 14.3. The van der Waals surface area contributed by atoms with E-state index < -0.39 is 23.6 Å². The number of cyclic esters (lactones) is 1. The molecule has 2 heterocycles. The topological polar surface area (TPSA) is 71.0 Å². The molecule has 2 aliphatic heterocycles. The number of benzene rings is 1. The Bertz CT molecular complexity index is 610. The zero-order valence-electron chi connectivity index (χ0n) is 13.1. The number of hydrogen-bond donors (Lipinski definition) is 2. The predicted octanol–water partition coefficient (Wildman–Crippen LogP) is 1.88. The van der Waals surface area contributed by atoms with Crippen molar-refractivity contribution in [1.82, 2.24) is 5.32 Å². The molecule has 8 heteroatoms. The van der Waals surface area contributed by atoms with Gasteiger partial charge in [-0.2, -0.15) is 0 Å². The van der Waals surface area contributed by atoms with Crippen LogP contribution in [0.25, 0.3) is 0 Å². The van der Waals surface area contributed by atoms with Crippen LogP contribution in [0.15, 0.2) is 18.2 Å². The first-order valence-corrected chi connectivity index (χ1v) is 8.44. The Morgan fingerprint density at radius 1 is 1.46 bits per heavy atom. The highest BCUT2D eigenvalue weighted by atomic mass is 35.5. The van der Waals surface area contributed by atoms with Crippen molar-refractivity contribution in [2.75, 3.05) is 37.0 Å². The molecule has 1 aromatic carbocycles. The third-order valence-electron chi connectivity index (χ3n) is 4.30.